The number of carbonyl (C=O) groups is 1. The predicted octanol–water partition coefficient (Wildman–Crippen LogP) is 2.19. The van der Waals surface area contributed by atoms with E-state index in [-0.39, 0.29) is 5.91 Å². The monoisotopic (exact) mass is 330 g/mol. The summed E-state index contributed by atoms with van der Waals surface area (Å²) in [6.07, 6.45) is 4.25. The van der Waals surface area contributed by atoms with Crippen molar-refractivity contribution in [1.82, 2.24) is 15.5 Å². The number of nitrogens with zero attached hydrogens (tertiary/aromatic N) is 3. The molecule has 0 saturated carbocycles. The average Bonchev–Trinajstić information content (AvgIpc) is 3.23. The number of amides is 1. The Hall–Kier alpha value is -2.41. The van der Waals surface area contributed by atoms with E-state index < -0.39 is 0 Å². The maximum absolute atomic E-state index is 12.1. The lowest BCUT2D eigenvalue weighted by atomic mass is 10.1. The van der Waals surface area contributed by atoms with Gasteiger partial charge in [-0.25, -0.2) is 10.0 Å². The van der Waals surface area contributed by atoms with Gasteiger partial charge in [-0.2, -0.15) is 0 Å². The second kappa shape index (κ2) is 7.44. The molecule has 1 saturated heterocycles. The van der Waals surface area contributed by atoms with Crippen LogP contribution < -0.4 is 10.4 Å². The van der Waals surface area contributed by atoms with Crippen LogP contribution >= 0.6 is 0 Å². The van der Waals surface area contributed by atoms with E-state index in [1.165, 1.54) is 0 Å². The predicted molar refractivity (Wildman–Crippen MR) is 88.8 cm³/mol. The number of carbonyl (C=O) groups excluding carboxylic acids is 1. The molecule has 0 spiro atoms. The van der Waals surface area contributed by atoms with Gasteiger partial charge < -0.3 is 9.84 Å². The molecular formula is C17H22N4O3. The fourth-order valence-electron chi connectivity index (χ4n) is 2.72. The molecular weight excluding hydrogens is 308 g/mol. The third kappa shape index (κ3) is 3.73. The average molecular weight is 330 g/mol. The molecule has 1 aliphatic rings. The van der Waals surface area contributed by atoms with Gasteiger partial charge in [-0.15, -0.1) is 0 Å². The molecule has 2 aromatic heterocycles. The highest BCUT2D eigenvalue weighted by atomic mass is 16.7. The maximum atomic E-state index is 12.1. The number of pyridine rings is 1. The largest absolute Gasteiger partial charge is 0.361 e. The number of hydrogen-bond donors (Lipinski definition) is 1. The molecule has 2 aromatic rings. The number of rotatable bonds is 6. The van der Waals surface area contributed by atoms with Crippen molar-refractivity contribution >= 4 is 11.7 Å². The van der Waals surface area contributed by atoms with Crippen molar-refractivity contribution in [1.29, 1.82) is 0 Å². The highest BCUT2D eigenvalue weighted by Gasteiger charge is 2.15. The number of nitrogens with one attached hydrogen (secondary N) is 1. The Kier molecular flexibility index (Phi) is 5.10. The van der Waals surface area contributed by atoms with Crippen LogP contribution in [0.2, 0.25) is 0 Å². The van der Waals surface area contributed by atoms with Gasteiger partial charge in [0.05, 0.1) is 17.9 Å². The van der Waals surface area contributed by atoms with Crippen molar-refractivity contribution in [2.24, 2.45) is 0 Å². The number of aromatic nitrogens is 2. The summed E-state index contributed by atoms with van der Waals surface area (Å²) in [5, 5.41) is 8.60. The first kappa shape index (κ1) is 16.4. The third-order valence-corrected chi connectivity index (χ3v) is 4.09. The summed E-state index contributed by atoms with van der Waals surface area (Å²) in [4.78, 5) is 21.9. The maximum Gasteiger partial charge on any atom is 0.252 e. The second-order valence-corrected chi connectivity index (χ2v) is 5.86. The van der Waals surface area contributed by atoms with Gasteiger partial charge in [0.15, 0.2) is 5.82 Å². The first-order valence-electron chi connectivity index (χ1n) is 8.21. The van der Waals surface area contributed by atoms with Gasteiger partial charge in [-0.05, 0) is 45.2 Å². The molecule has 7 heteroatoms. The first-order valence-corrected chi connectivity index (χ1v) is 8.21. The molecule has 0 bridgehead atoms. The molecule has 0 atom stereocenters. The molecule has 3 heterocycles. The van der Waals surface area contributed by atoms with Gasteiger partial charge in [0, 0.05) is 24.8 Å². The van der Waals surface area contributed by atoms with Crippen molar-refractivity contribution in [3.05, 3.63) is 40.9 Å². The van der Waals surface area contributed by atoms with E-state index in [1.807, 2.05) is 19.9 Å². The normalized spacial score (nSPS) is 14.2. The van der Waals surface area contributed by atoms with Gasteiger partial charge in [-0.3, -0.25) is 9.63 Å². The van der Waals surface area contributed by atoms with Crippen LogP contribution in [-0.4, -0.2) is 35.7 Å². The molecule has 3 rings (SSSR count). The Labute approximate surface area is 140 Å². The lowest BCUT2D eigenvalue weighted by molar-refractivity contribution is 0.0952. The van der Waals surface area contributed by atoms with Crippen LogP contribution in [0, 0.1) is 13.8 Å². The highest BCUT2D eigenvalue weighted by Crippen LogP contribution is 2.16. The molecule has 24 heavy (non-hydrogen) atoms. The van der Waals surface area contributed by atoms with Crippen LogP contribution in [0.15, 0.2) is 22.9 Å². The summed E-state index contributed by atoms with van der Waals surface area (Å²) in [5.41, 5.74) is 2.60. The van der Waals surface area contributed by atoms with E-state index >= 15 is 0 Å². The molecule has 7 nitrogen and oxygen atoms in total. The molecule has 0 aliphatic carbocycles. The van der Waals surface area contributed by atoms with Gasteiger partial charge >= 0.3 is 0 Å². The Balaban J connectivity index is 1.46. The minimum absolute atomic E-state index is 0.116. The summed E-state index contributed by atoms with van der Waals surface area (Å²) in [6, 6.07) is 3.58. The summed E-state index contributed by atoms with van der Waals surface area (Å²) in [5.74, 6) is 1.47. The Morgan fingerprint density at radius 1 is 1.38 bits per heavy atom. The molecule has 128 valence electrons. The van der Waals surface area contributed by atoms with E-state index in [9.17, 15) is 4.79 Å². The van der Waals surface area contributed by atoms with Crippen molar-refractivity contribution < 1.29 is 14.2 Å². The molecule has 1 amide bonds. The smallest absolute Gasteiger partial charge is 0.252 e. The highest BCUT2D eigenvalue weighted by molar-refractivity contribution is 5.94. The number of anilines is 1. The van der Waals surface area contributed by atoms with Gasteiger partial charge in [0.25, 0.3) is 5.91 Å². The third-order valence-electron chi connectivity index (χ3n) is 4.09. The summed E-state index contributed by atoms with van der Waals surface area (Å²) >= 11 is 0. The molecule has 1 aliphatic heterocycles. The van der Waals surface area contributed by atoms with Gasteiger partial charge in [0.2, 0.25) is 0 Å². The standard InChI is InChI=1S/C17H22N4O3/c1-12-15(13(2)24-20-12)5-3-8-18-17(22)14-6-7-16(19-11-14)21-9-4-10-23-21/h6-7,11H,3-5,8-10H2,1-2H3,(H,18,22). The van der Waals surface area contributed by atoms with E-state index in [0.29, 0.717) is 12.1 Å². The van der Waals surface area contributed by atoms with Gasteiger partial charge in [-0.1, -0.05) is 5.16 Å². The Morgan fingerprint density at radius 3 is 2.88 bits per heavy atom. The molecule has 0 radical (unpaired) electrons. The molecule has 1 fully saturated rings. The zero-order valence-corrected chi connectivity index (χ0v) is 14.0. The van der Waals surface area contributed by atoms with Crippen LogP contribution in [0.5, 0.6) is 0 Å². The topological polar surface area (TPSA) is 80.5 Å². The second-order valence-electron chi connectivity index (χ2n) is 5.86. The quantitative estimate of drug-likeness (QED) is 0.818. The number of aryl methyl sites for hydroxylation is 2. The molecule has 1 N–H and O–H groups in total. The number of hydrogen-bond acceptors (Lipinski definition) is 6. The Bertz CT molecular complexity index is 671. The van der Waals surface area contributed by atoms with Crippen LogP contribution in [0.4, 0.5) is 5.82 Å². The van der Waals surface area contributed by atoms with Crippen molar-refractivity contribution in [3.8, 4) is 0 Å². The van der Waals surface area contributed by atoms with E-state index in [1.54, 1.807) is 17.3 Å². The minimum Gasteiger partial charge on any atom is -0.361 e. The fraction of sp³-hybridized carbons (Fsp3) is 0.471. The number of hydroxylamine groups is 1. The van der Waals surface area contributed by atoms with Crippen molar-refractivity contribution in [2.45, 2.75) is 33.1 Å². The first-order chi connectivity index (χ1) is 11.6. The van der Waals surface area contributed by atoms with Crippen LogP contribution in [-0.2, 0) is 11.3 Å². The molecule has 0 aromatic carbocycles. The van der Waals surface area contributed by atoms with E-state index in [4.69, 9.17) is 9.36 Å². The van der Waals surface area contributed by atoms with Crippen LogP contribution in [0.3, 0.4) is 0 Å². The lowest BCUT2D eigenvalue weighted by Gasteiger charge is -2.14. The SMILES string of the molecule is Cc1noc(C)c1CCCNC(=O)c1ccc(N2CCCO2)nc1. The summed E-state index contributed by atoms with van der Waals surface area (Å²) < 4.78 is 5.14. The van der Waals surface area contributed by atoms with E-state index in [2.05, 4.69) is 15.5 Å². The summed E-state index contributed by atoms with van der Waals surface area (Å²) in [7, 11) is 0. The van der Waals surface area contributed by atoms with Crippen molar-refractivity contribution in [3.63, 3.8) is 0 Å². The zero-order valence-electron chi connectivity index (χ0n) is 14.0. The van der Waals surface area contributed by atoms with Gasteiger partial charge in [0.1, 0.15) is 5.76 Å². The van der Waals surface area contributed by atoms with Crippen LogP contribution in [0.1, 0.15) is 40.2 Å². The van der Waals surface area contributed by atoms with E-state index in [0.717, 1.165) is 55.2 Å². The zero-order chi connectivity index (χ0) is 16.9. The van der Waals surface area contributed by atoms with Crippen LogP contribution in [0.25, 0.3) is 0 Å². The molecule has 0 unspecified atom stereocenters. The summed E-state index contributed by atoms with van der Waals surface area (Å²) in [6.45, 7) is 5.99. The minimum atomic E-state index is -0.116. The fourth-order valence-corrected chi connectivity index (χ4v) is 2.72. The Morgan fingerprint density at radius 2 is 2.25 bits per heavy atom. The lowest BCUT2D eigenvalue weighted by Crippen LogP contribution is -2.25. The van der Waals surface area contributed by atoms with Crippen molar-refractivity contribution in [2.75, 3.05) is 24.8 Å².